The standard InChI is InChI=1S/C60H39N3.C49H35N3/c1-4-16-40(17-5-1)47-28-15-29-53-58(47)52-35-34-44(37-56(52)61-59(53)42-18-6-2-7-19-42)39-30-32-41(33-31-39)54-38-55(63-60(62-54)43-20-8-3-9-21-43)45-22-14-23-46(36-45)57-50-26-12-10-24-48(50)49-25-11-13-27-51(49)57;1-32-16-20-36(21-17-32)44-31-45(52-49(51-44)39-22-18-33(2)19-23-39)37-26-24-34(25-27-37)40-28-29-42-46(30-40)50-48(38-12-7-4-8-13-38)43-15-9-14-41(47(42)43)35-10-5-3-6-11-35/h1-38,57H;3-31H,1-2H3. The number of aromatic nitrogens is 6. The highest BCUT2D eigenvalue weighted by molar-refractivity contribution is 6.19. The van der Waals surface area contributed by atoms with Crippen molar-refractivity contribution in [1.29, 1.82) is 0 Å². The van der Waals surface area contributed by atoms with Gasteiger partial charge < -0.3 is 0 Å². The molecule has 0 aliphatic heterocycles. The normalized spacial score (nSPS) is 11.7. The van der Waals surface area contributed by atoms with Gasteiger partial charge in [-0.2, -0.15) is 0 Å². The second-order valence-corrected chi connectivity index (χ2v) is 29.7. The summed E-state index contributed by atoms with van der Waals surface area (Å²) in [4.78, 5) is 31.2. The number of hydrogen-bond donors (Lipinski definition) is 0. The SMILES string of the molecule is Cc1ccc(-c2cc(-c3ccc(-c4ccc5c(c4)nc(-c4ccccc4)c4cccc(-c6ccccc6)c45)cc3)nc(-c3ccc(C)cc3)n2)cc1.c1ccc(-c2nc(-c3ccc(-c4ccc5c(c4)nc(-c4ccccc4)c4cccc(-c6ccccc6)c45)cc3)cc(-c3cccc(C4c5ccccc5-c5ccccc54)c3)n2)cc1. The molecular weight excluding hydrogens is 1390 g/mol. The number of nitrogens with zero attached hydrogens (tertiary/aromatic N) is 6. The Morgan fingerprint density at radius 1 is 0.191 bits per heavy atom. The van der Waals surface area contributed by atoms with Crippen LogP contribution in [0.25, 0.3) is 189 Å². The van der Waals surface area contributed by atoms with Gasteiger partial charge in [-0.05, 0) is 117 Å². The van der Waals surface area contributed by atoms with E-state index in [1.54, 1.807) is 0 Å². The molecule has 6 heteroatoms. The monoisotopic (exact) mass is 1470 g/mol. The fraction of sp³-hybridized carbons (Fsp3) is 0.0275. The summed E-state index contributed by atoms with van der Waals surface area (Å²) in [6, 6.07) is 144. The summed E-state index contributed by atoms with van der Waals surface area (Å²) in [7, 11) is 0. The minimum atomic E-state index is 0.152. The van der Waals surface area contributed by atoms with E-state index in [-0.39, 0.29) is 5.92 Å². The van der Waals surface area contributed by atoms with Crippen molar-refractivity contribution in [3.63, 3.8) is 0 Å². The minimum Gasteiger partial charge on any atom is -0.247 e. The maximum Gasteiger partial charge on any atom is 0.160 e. The van der Waals surface area contributed by atoms with Crippen molar-refractivity contribution in [3.05, 3.63) is 434 Å². The van der Waals surface area contributed by atoms with E-state index in [1.165, 1.54) is 72.0 Å². The molecular formula is C109H74N6. The van der Waals surface area contributed by atoms with Crippen molar-refractivity contribution in [3.8, 4) is 146 Å². The van der Waals surface area contributed by atoms with Gasteiger partial charge in [0.1, 0.15) is 0 Å². The Morgan fingerprint density at radius 3 is 0.930 bits per heavy atom. The quantitative estimate of drug-likeness (QED) is 0.107. The number of aryl methyl sites for hydroxylation is 2. The molecule has 0 amide bonds. The molecule has 0 spiro atoms. The number of fused-ring (bicyclic) bond motifs is 9. The zero-order valence-corrected chi connectivity index (χ0v) is 63.4. The Hall–Kier alpha value is -15.0. The van der Waals surface area contributed by atoms with Crippen molar-refractivity contribution in [2.24, 2.45) is 0 Å². The zero-order valence-electron chi connectivity index (χ0n) is 63.4. The lowest BCUT2D eigenvalue weighted by Gasteiger charge is -2.16. The van der Waals surface area contributed by atoms with Gasteiger partial charge in [-0.15, -0.1) is 0 Å². The lowest BCUT2D eigenvalue weighted by Crippen LogP contribution is -2.00. The number of pyridine rings is 2. The molecule has 0 atom stereocenters. The van der Waals surface area contributed by atoms with E-state index in [0.29, 0.717) is 11.6 Å². The first-order valence-corrected chi connectivity index (χ1v) is 39.2. The van der Waals surface area contributed by atoms with Crippen molar-refractivity contribution in [2.45, 2.75) is 19.8 Å². The molecule has 4 heterocycles. The predicted molar refractivity (Wildman–Crippen MR) is 477 cm³/mol. The van der Waals surface area contributed by atoms with E-state index >= 15 is 0 Å². The third-order valence-electron chi connectivity index (χ3n) is 22.4. The van der Waals surface area contributed by atoms with Crippen LogP contribution in [-0.2, 0) is 0 Å². The van der Waals surface area contributed by atoms with Crippen molar-refractivity contribution in [2.75, 3.05) is 0 Å². The van der Waals surface area contributed by atoms with Crippen LogP contribution in [0, 0.1) is 13.8 Å². The molecule has 0 saturated heterocycles. The van der Waals surface area contributed by atoms with Gasteiger partial charge >= 0.3 is 0 Å². The van der Waals surface area contributed by atoms with Crippen LogP contribution in [0.5, 0.6) is 0 Å². The number of hydrogen-bond acceptors (Lipinski definition) is 6. The Bertz CT molecular complexity index is 6930. The van der Waals surface area contributed by atoms with Gasteiger partial charge in [-0.25, -0.2) is 29.9 Å². The van der Waals surface area contributed by atoms with Crippen LogP contribution >= 0.6 is 0 Å². The van der Waals surface area contributed by atoms with Crippen LogP contribution in [0.2, 0.25) is 0 Å². The largest absolute Gasteiger partial charge is 0.247 e. The summed E-state index contributed by atoms with van der Waals surface area (Å²) in [6.45, 7) is 4.20. The third-order valence-corrected chi connectivity index (χ3v) is 22.4. The molecule has 6 nitrogen and oxygen atoms in total. The fourth-order valence-corrected chi connectivity index (χ4v) is 16.6. The molecule has 1 aliphatic carbocycles. The Kier molecular flexibility index (Phi) is 18.1. The maximum absolute atomic E-state index is 5.37. The fourth-order valence-electron chi connectivity index (χ4n) is 16.6. The molecule has 0 unspecified atom stereocenters. The van der Waals surface area contributed by atoms with Crippen molar-refractivity contribution in [1.82, 2.24) is 29.9 Å². The molecule has 0 fully saturated rings. The van der Waals surface area contributed by atoms with Crippen LogP contribution in [0.4, 0.5) is 0 Å². The summed E-state index contributed by atoms with van der Waals surface area (Å²) in [6.07, 6.45) is 0. The third kappa shape index (κ3) is 13.5. The first-order valence-electron chi connectivity index (χ1n) is 39.2. The van der Waals surface area contributed by atoms with Gasteiger partial charge in [0, 0.05) is 82.7 Å². The van der Waals surface area contributed by atoms with Crippen molar-refractivity contribution < 1.29 is 0 Å². The smallest absolute Gasteiger partial charge is 0.160 e. The topological polar surface area (TPSA) is 77.3 Å². The summed E-state index contributed by atoms with van der Waals surface area (Å²) in [5.74, 6) is 1.57. The van der Waals surface area contributed by atoms with Gasteiger partial charge in [0.15, 0.2) is 11.6 Å². The summed E-state index contributed by atoms with van der Waals surface area (Å²) >= 11 is 0. The van der Waals surface area contributed by atoms with Crippen LogP contribution in [0.3, 0.4) is 0 Å². The van der Waals surface area contributed by atoms with E-state index in [4.69, 9.17) is 29.9 Å². The first-order chi connectivity index (χ1) is 56.8. The lowest BCUT2D eigenvalue weighted by molar-refractivity contribution is 1.01. The van der Waals surface area contributed by atoms with Crippen molar-refractivity contribution >= 4 is 43.4 Å². The van der Waals surface area contributed by atoms with Crippen LogP contribution in [-0.4, -0.2) is 29.9 Å². The molecule has 0 saturated carbocycles. The molecule has 20 aromatic rings. The van der Waals surface area contributed by atoms with Crippen LogP contribution in [0.1, 0.15) is 33.7 Å². The lowest BCUT2D eigenvalue weighted by atomic mass is 9.88. The summed E-state index contributed by atoms with van der Waals surface area (Å²) < 4.78 is 0. The van der Waals surface area contributed by atoms with Crippen LogP contribution in [0.15, 0.2) is 406 Å². The molecule has 1 aliphatic rings. The highest BCUT2D eigenvalue weighted by Crippen LogP contribution is 2.49. The van der Waals surface area contributed by atoms with Gasteiger partial charge in [-0.3, -0.25) is 0 Å². The summed E-state index contributed by atoms with van der Waals surface area (Å²) in [5.41, 5.74) is 34.1. The predicted octanol–water partition coefficient (Wildman–Crippen LogP) is 28.1. The molecule has 0 N–H and O–H groups in total. The van der Waals surface area contributed by atoms with Gasteiger partial charge in [0.25, 0.3) is 0 Å². The minimum absolute atomic E-state index is 0.152. The second-order valence-electron chi connectivity index (χ2n) is 29.7. The number of rotatable bonds is 13. The Labute approximate surface area is 668 Å². The average Bonchev–Trinajstić information content (AvgIpc) is 1.69. The van der Waals surface area contributed by atoms with E-state index in [1.807, 2.05) is 18.2 Å². The summed E-state index contributed by atoms with van der Waals surface area (Å²) in [5, 5.41) is 7.01. The zero-order chi connectivity index (χ0) is 76.7. The molecule has 21 rings (SSSR count). The molecule has 0 radical (unpaired) electrons. The van der Waals surface area contributed by atoms with E-state index in [2.05, 4.69) is 402 Å². The molecule has 16 aromatic carbocycles. The highest BCUT2D eigenvalue weighted by atomic mass is 14.9. The number of benzene rings is 16. The molecule has 115 heavy (non-hydrogen) atoms. The average molecular weight is 1470 g/mol. The highest BCUT2D eigenvalue weighted by Gasteiger charge is 2.30. The Morgan fingerprint density at radius 2 is 0.504 bits per heavy atom. The van der Waals surface area contributed by atoms with E-state index in [0.717, 1.165) is 134 Å². The molecule has 540 valence electrons. The van der Waals surface area contributed by atoms with Crippen LogP contribution < -0.4 is 0 Å². The Balaban J connectivity index is 0.000000152. The van der Waals surface area contributed by atoms with Gasteiger partial charge in [0.05, 0.1) is 45.2 Å². The first kappa shape index (κ1) is 69.2. The maximum atomic E-state index is 5.37. The van der Waals surface area contributed by atoms with E-state index < -0.39 is 0 Å². The van der Waals surface area contributed by atoms with E-state index in [9.17, 15) is 0 Å². The second kappa shape index (κ2) is 30.0. The molecule has 0 bridgehead atoms. The van der Waals surface area contributed by atoms with Gasteiger partial charge in [0.2, 0.25) is 0 Å². The van der Waals surface area contributed by atoms with Gasteiger partial charge in [-0.1, -0.05) is 387 Å². The molecule has 4 aromatic heterocycles.